The van der Waals surface area contributed by atoms with Crippen molar-refractivity contribution in [2.45, 2.75) is 20.3 Å². The Balaban J connectivity index is 1.93. The summed E-state index contributed by atoms with van der Waals surface area (Å²) in [6, 6.07) is 2.59. The number of halogens is 2. The Kier molecular flexibility index (Phi) is 6.04. The first kappa shape index (κ1) is 21.7. The molecule has 0 spiro atoms. The van der Waals surface area contributed by atoms with Crippen molar-refractivity contribution in [2.75, 3.05) is 11.6 Å². The van der Waals surface area contributed by atoms with Gasteiger partial charge in [0.25, 0.3) is 5.91 Å². The maximum Gasteiger partial charge on any atom is 0.360 e. The molecule has 3 rings (SSSR count). The van der Waals surface area contributed by atoms with E-state index in [1.807, 2.05) is 13.8 Å². The molecule has 1 aromatic rings. The van der Waals surface area contributed by atoms with Gasteiger partial charge in [-0.2, -0.15) is 10.1 Å². The van der Waals surface area contributed by atoms with Crippen LogP contribution in [0.5, 0.6) is 5.75 Å². The number of hydrogen-bond donors (Lipinski definition) is 1. The summed E-state index contributed by atoms with van der Waals surface area (Å²) in [5, 5.41) is 13.4. The highest BCUT2D eigenvalue weighted by Gasteiger charge is 2.33. The monoisotopic (exact) mass is 451 g/mol. The Morgan fingerprint density at radius 3 is 2.37 bits per heavy atom. The number of nitrogens with zero attached hydrogens (tertiary/aromatic N) is 3. The molecule has 0 saturated heterocycles. The van der Waals surface area contributed by atoms with Gasteiger partial charge >= 0.3 is 5.97 Å². The van der Waals surface area contributed by atoms with Crippen LogP contribution in [0.15, 0.2) is 33.9 Å². The predicted octanol–water partition coefficient (Wildman–Crippen LogP) is 2.68. The van der Waals surface area contributed by atoms with Crippen LogP contribution in [0.1, 0.15) is 20.3 Å². The van der Waals surface area contributed by atoms with E-state index >= 15 is 0 Å². The van der Waals surface area contributed by atoms with E-state index in [0.29, 0.717) is 5.57 Å². The van der Waals surface area contributed by atoms with Crippen LogP contribution in [0.2, 0.25) is 10.0 Å². The number of dihydropyridines is 1. The fourth-order valence-electron chi connectivity index (χ4n) is 2.79. The normalized spacial score (nSPS) is 17.0. The number of aliphatic carboxylic acids is 1. The van der Waals surface area contributed by atoms with E-state index in [-0.39, 0.29) is 45.6 Å². The van der Waals surface area contributed by atoms with Gasteiger partial charge in [0.1, 0.15) is 6.54 Å². The van der Waals surface area contributed by atoms with E-state index < -0.39 is 29.8 Å². The average molecular weight is 452 g/mol. The van der Waals surface area contributed by atoms with E-state index in [9.17, 15) is 19.2 Å². The first-order valence-electron chi connectivity index (χ1n) is 8.72. The second kappa shape index (κ2) is 8.37. The van der Waals surface area contributed by atoms with Crippen molar-refractivity contribution in [2.24, 2.45) is 16.0 Å². The molecule has 1 aromatic carbocycles. The lowest BCUT2D eigenvalue weighted by atomic mass is 9.97. The van der Waals surface area contributed by atoms with E-state index in [0.717, 1.165) is 5.01 Å². The van der Waals surface area contributed by atoms with Crippen molar-refractivity contribution in [1.29, 1.82) is 0 Å². The second-order valence-electron chi connectivity index (χ2n) is 6.73. The van der Waals surface area contributed by atoms with Gasteiger partial charge in [-0.15, -0.1) is 0 Å². The van der Waals surface area contributed by atoms with Crippen molar-refractivity contribution in [3.05, 3.63) is 33.8 Å². The number of Topliss-reactive ketones (excluding diaryl/α,β-unsaturated/α-hetero) is 2. The molecule has 0 atom stereocenters. The van der Waals surface area contributed by atoms with Crippen LogP contribution in [0.3, 0.4) is 0 Å². The number of benzene rings is 1. The number of rotatable bonds is 4. The minimum Gasteiger partial charge on any atom is -0.476 e. The third kappa shape index (κ3) is 4.27. The Labute approximate surface area is 180 Å². The number of ether oxygens (including phenoxy) is 1. The zero-order valence-electron chi connectivity index (χ0n) is 15.8. The molecule has 0 aliphatic carbocycles. The molecule has 11 heteroatoms. The molecule has 2 aliphatic rings. The lowest BCUT2D eigenvalue weighted by molar-refractivity contribution is -0.131. The minimum atomic E-state index is -1.55. The summed E-state index contributed by atoms with van der Waals surface area (Å²) in [6.07, 6.45) is 0.868. The summed E-state index contributed by atoms with van der Waals surface area (Å²) < 4.78 is 5.66. The van der Waals surface area contributed by atoms with Gasteiger partial charge in [0.05, 0.1) is 22.2 Å². The average Bonchev–Trinajstić information content (AvgIpc) is 2.65. The Morgan fingerprint density at radius 1 is 1.17 bits per heavy atom. The Bertz CT molecular complexity index is 1050. The molecule has 0 fully saturated rings. The molecule has 2 aliphatic heterocycles. The molecule has 0 saturated carbocycles. The van der Waals surface area contributed by atoms with Crippen molar-refractivity contribution < 1.29 is 29.0 Å². The summed E-state index contributed by atoms with van der Waals surface area (Å²) in [6.45, 7) is 3.68. The molecular formula is C19H15Cl2N3O6. The van der Waals surface area contributed by atoms with Crippen LogP contribution < -0.4 is 9.75 Å². The molecule has 30 heavy (non-hydrogen) atoms. The lowest BCUT2D eigenvalue weighted by Crippen LogP contribution is -2.40. The Hall–Kier alpha value is -3.04. The molecule has 0 unspecified atom stereocenters. The highest BCUT2D eigenvalue weighted by atomic mass is 35.5. The van der Waals surface area contributed by atoms with Crippen molar-refractivity contribution in [3.63, 3.8) is 0 Å². The topological polar surface area (TPSA) is 126 Å². The number of hydrazone groups is 1. The standard InChI is InChI=1S/C19H15Cl2N3O6/c1-8(2)10-5-15(22-7-14(10)26)30-18-11(20)3-9(4-12(18)21)24-16(27)6-13(25)17(23-24)19(28)29/h3-5,8H,6-7H2,1-2H3,(H,28,29). The summed E-state index contributed by atoms with van der Waals surface area (Å²) >= 11 is 12.5. The fourth-order valence-corrected chi connectivity index (χ4v) is 3.35. The summed E-state index contributed by atoms with van der Waals surface area (Å²) in [5.74, 6) is -3.10. The predicted molar refractivity (Wildman–Crippen MR) is 110 cm³/mol. The summed E-state index contributed by atoms with van der Waals surface area (Å²) in [7, 11) is 0. The van der Waals surface area contributed by atoms with E-state index in [2.05, 4.69) is 10.1 Å². The number of anilines is 1. The van der Waals surface area contributed by atoms with Gasteiger partial charge in [-0.1, -0.05) is 37.0 Å². The summed E-state index contributed by atoms with van der Waals surface area (Å²) in [4.78, 5) is 50.9. The quantitative estimate of drug-likeness (QED) is 0.701. The minimum absolute atomic E-state index is 0.00614. The second-order valence-corrected chi connectivity index (χ2v) is 7.55. The van der Waals surface area contributed by atoms with Gasteiger partial charge in [-0.3, -0.25) is 14.4 Å². The van der Waals surface area contributed by atoms with E-state index in [1.54, 1.807) is 0 Å². The van der Waals surface area contributed by atoms with E-state index in [4.69, 9.17) is 33.0 Å². The zero-order chi connectivity index (χ0) is 22.2. The fraction of sp³-hybridized carbons (Fsp3) is 0.263. The number of amides is 1. The molecule has 2 heterocycles. The smallest absolute Gasteiger partial charge is 0.360 e. The molecule has 0 aromatic heterocycles. The first-order valence-corrected chi connectivity index (χ1v) is 9.48. The molecular weight excluding hydrogens is 437 g/mol. The van der Waals surface area contributed by atoms with Crippen LogP contribution in [0.25, 0.3) is 0 Å². The van der Waals surface area contributed by atoms with Gasteiger partial charge in [-0.05, 0) is 18.1 Å². The Morgan fingerprint density at radius 2 is 1.80 bits per heavy atom. The van der Waals surface area contributed by atoms with Crippen molar-refractivity contribution in [1.82, 2.24) is 0 Å². The maximum atomic E-state index is 12.2. The number of carboxylic acid groups (broad SMARTS) is 1. The van der Waals surface area contributed by atoms with Crippen molar-refractivity contribution >= 4 is 63.9 Å². The number of carbonyl (C=O) groups excluding carboxylic acids is 3. The number of aliphatic imine (C=N–C) groups is 1. The van der Waals surface area contributed by atoms with Gasteiger partial charge < -0.3 is 9.84 Å². The van der Waals surface area contributed by atoms with Gasteiger partial charge in [0.2, 0.25) is 11.6 Å². The molecule has 9 nitrogen and oxygen atoms in total. The molecule has 1 amide bonds. The highest BCUT2D eigenvalue weighted by molar-refractivity contribution is 6.66. The van der Waals surface area contributed by atoms with Gasteiger partial charge in [0.15, 0.2) is 17.3 Å². The molecule has 0 bridgehead atoms. The lowest BCUT2D eigenvalue weighted by Gasteiger charge is -2.22. The zero-order valence-corrected chi connectivity index (χ0v) is 17.3. The van der Waals surface area contributed by atoms with E-state index in [1.165, 1.54) is 18.2 Å². The maximum absolute atomic E-state index is 12.2. The largest absolute Gasteiger partial charge is 0.476 e. The van der Waals surface area contributed by atoms with Crippen LogP contribution in [-0.2, 0) is 19.2 Å². The molecule has 1 N–H and O–H groups in total. The highest BCUT2D eigenvalue weighted by Crippen LogP contribution is 2.38. The number of hydrogen-bond acceptors (Lipinski definition) is 7. The van der Waals surface area contributed by atoms with Gasteiger partial charge in [-0.25, -0.2) is 9.79 Å². The van der Waals surface area contributed by atoms with Gasteiger partial charge in [0, 0.05) is 11.6 Å². The molecule has 0 radical (unpaired) electrons. The van der Waals surface area contributed by atoms with Crippen LogP contribution in [-0.4, -0.2) is 46.7 Å². The SMILES string of the molecule is CC(C)C1=CC(Oc2c(Cl)cc(N3N=C(C(=O)O)C(=O)CC3=O)cc2Cl)=NCC1=O. The third-order valence-electron chi connectivity index (χ3n) is 4.25. The number of ketones is 2. The molecule has 156 valence electrons. The van der Waals surface area contributed by atoms with Crippen LogP contribution >= 0.6 is 23.2 Å². The van der Waals surface area contributed by atoms with Crippen molar-refractivity contribution in [3.8, 4) is 5.75 Å². The summed E-state index contributed by atoms with van der Waals surface area (Å²) in [5.41, 5.74) is -0.148. The van der Waals surface area contributed by atoms with Crippen LogP contribution in [0.4, 0.5) is 5.69 Å². The number of carboxylic acids is 1. The first-order chi connectivity index (χ1) is 14.1. The van der Waals surface area contributed by atoms with Crippen LogP contribution in [0, 0.1) is 5.92 Å². The number of carbonyl (C=O) groups is 4. The third-order valence-corrected chi connectivity index (χ3v) is 4.81.